The zero-order valence-electron chi connectivity index (χ0n) is 17.0. The van der Waals surface area contributed by atoms with E-state index in [2.05, 4.69) is 15.0 Å². The zero-order chi connectivity index (χ0) is 22.6. The number of benzene rings is 1. The number of nitrogens with one attached hydrogen (secondary N) is 3. The van der Waals surface area contributed by atoms with Gasteiger partial charge in [-0.2, -0.15) is 0 Å². The van der Waals surface area contributed by atoms with Gasteiger partial charge in [0.15, 0.2) is 11.5 Å². The van der Waals surface area contributed by atoms with Crippen LogP contribution in [0.25, 0.3) is 32.7 Å². The second kappa shape index (κ2) is 7.31. The molecule has 0 saturated carbocycles. The molecule has 32 heavy (non-hydrogen) atoms. The van der Waals surface area contributed by atoms with Crippen LogP contribution in [0, 0.1) is 6.92 Å². The van der Waals surface area contributed by atoms with Gasteiger partial charge in [-0.1, -0.05) is 0 Å². The minimum atomic E-state index is -0.689. The molecule has 0 spiro atoms. The molecule has 0 aliphatic carbocycles. The van der Waals surface area contributed by atoms with Crippen LogP contribution in [-0.4, -0.2) is 46.4 Å². The summed E-state index contributed by atoms with van der Waals surface area (Å²) in [6.45, 7) is 2.51. The molecule has 0 unspecified atom stereocenters. The Morgan fingerprint density at radius 1 is 1.12 bits per heavy atom. The summed E-state index contributed by atoms with van der Waals surface area (Å²) in [5.41, 5.74) is 0.326. The molecule has 1 aromatic carbocycles. The lowest BCUT2D eigenvalue weighted by atomic mass is 10.0. The fourth-order valence-electron chi connectivity index (χ4n) is 3.82. The van der Waals surface area contributed by atoms with Crippen LogP contribution in [-0.2, 0) is 4.74 Å². The Balaban J connectivity index is 1.84. The average Bonchev–Trinajstić information content (AvgIpc) is 3.29. The smallest absolute Gasteiger partial charge is 0.342 e. The van der Waals surface area contributed by atoms with Crippen molar-refractivity contribution >= 4 is 28.3 Å². The van der Waals surface area contributed by atoms with Gasteiger partial charge < -0.3 is 24.3 Å². The fraction of sp³-hybridized carbons (Fsp3) is 0.190. The van der Waals surface area contributed by atoms with Crippen molar-refractivity contribution in [3.05, 3.63) is 49.5 Å². The molecule has 0 radical (unpaired) electrons. The summed E-state index contributed by atoms with van der Waals surface area (Å²) in [5.74, 6) is 0.129. The maximum atomic E-state index is 12.8. The third-order valence-corrected chi connectivity index (χ3v) is 6.31. The number of aromatic hydroxyl groups is 1. The van der Waals surface area contributed by atoms with Gasteiger partial charge in [-0.3, -0.25) is 14.8 Å². The number of aromatic amines is 3. The Hall–Kier alpha value is -3.99. The highest BCUT2D eigenvalue weighted by Crippen LogP contribution is 2.48. The van der Waals surface area contributed by atoms with Crippen LogP contribution in [0.5, 0.6) is 17.2 Å². The Morgan fingerprint density at radius 3 is 2.62 bits per heavy atom. The topological polar surface area (TPSA) is 146 Å². The molecule has 0 amide bonds. The summed E-state index contributed by atoms with van der Waals surface area (Å²) in [6, 6.07) is 5.26. The number of aryl methyl sites for hydroxylation is 1. The number of methoxy groups -OCH3 is 1. The maximum absolute atomic E-state index is 12.8. The zero-order valence-corrected chi connectivity index (χ0v) is 17.8. The first-order valence-corrected chi connectivity index (χ1v) is 10.4. The summed E-state index contributed by atoms with van der Waals surface area (Å²) in [6.07, 6.45) is 0. The van der Waals surface area contributed by atoms with E-state index in [0.717, 1.165) is 11.3 Å². The lowest BCUT2D eigenvalue weighted by Gasteiger charge is -2.19. The molecular weight excluding hydrogens is 438 g/mol. The van der Waals surface area contributed by atoms with E-state index < -0.39 is 17.2 Å². The Kier molecular flexibility index (Phi) is 4.55. The lowest BCUT2D eigenvalue weighted by Crippen LogP contribution is -2.21. The third kappa shape index (κ3) is 2.97. The van der Waals surface area contributed by atoms with Gasteiger partial charge in [-0.25, -0.2) is 9.59 Å². The molecule has 4 N–H and O–H groups in total. The highest BCUT2D eigenvalue weighted by Gasteiger charge is 2.28. The number of hydrogen-bond donors (Lipinski definition) is 4. The molecule has 11 heteroatoms. The first-order chi connectivity index (χ1) is 15.4. The molecule has 0 fully saturated rings. The number of carbonyl (C=O) groups is 1. The van der Waals surface area contributed by atoms with E-state index in [-0.39, 0.29) is 27.2 Å². The molecule has 0 saturated heterocycles. The molecule has 3 aromatic heterocycles. The monoisotopic (exact) mass is 455 g/mol. The highest BCUT2D eigenvalue weighted by atomic mass is 32.1. The second-order valence-corrected chi connectivity index (χ2v) is 8.32. The van der Waals surface area contributed by atoms with Crippen molar-refractivity contribution in [2.75, 3.05) is 20.3 Å². The molecule has 0 atom stereocenters. The number of rotatable bonds is 3. The predicted molar refractivity (Wildman–Crippen MR) is 117 cm³/mol. The number of esters is 1. The van der Waals surface area contributed by atoms with Gasteiger partial charge in [-0.05, 0) is 25.1 Å². The minimum Gasteiger partial charge on any atom is -0.505 e. The average molecular weight is 455 g/mol. The number of H-pyrrole nitrogens is 3. The van der Waals surface area contributed by atoms with E-state index in [9.17, 15) is 19.5 Å². The summed E-state index contributed by atoms with van der Waals surface area (Å²) in [5, 5.41) is 11.1. The molecule has 0 bridgehead atoms. The second-order valence-electron chi connectivity index (χ2n) is 7.09. The van der Waals surface area contributed by atoms with Crippen LogP contribution >= 0.6 is 11.3 Å². The first kappa shape index (κ1) is 19.9. The van der Waals surface area contributed by atoms with Crippen molar-refractivity contribution in [3.63, 3.8) is 0 Å². The van der Waals surface area contributed by atoms with Crippen molar-refractivity contribution in [2.24, 2.45) is 0 Å². The maximum Gasteiger partial charge on any atom is 0.342 e. The van der Waals surface area contributed by atoms with Gasteiger partial charge >= 0.3 is 11.7 Å². The normalized spacial score (nSPS) is 12.8. The van der Waals surface area contributed by atoms with Crippen molar-refractivity contribution in [2.45, 2.75) is 6.92 Å². The summed E-state index contributed by atoms with van der Waals surface area (Å²) in [7, 11) is 1.22. The number of fused-ring (bicyclic) bond motifs is 2. The first-order valence-electron chi connectivity index (χ1n) is 9.58. The van der Waals surface area contributed by atoms with Gasteiger partial charge in [0, 0.05) is 16.0 Å². The number of ether oxygens (including phenoxy) is 3. The highest BCUT2D eigenvalue weighted by molar-refractivity contribution is 7.16. The number of thiophene rings is 1. The van der Waals surface area contributed by atoms with Crippen LogP contribution < -0.4 is 20.7 Å². The van der Waals surface area contributed by atoms with E-state index in [1.165, 1.54) is 7.11 Å². The predicted octanol–water partition coefficient (Wildman–Crippen LogP) is 2.51. The van der Waals surface area contributed by atoms with Crippen molar-refractivity contribution in [3.8, 4) is 38.9 Å². The number of aromatic nitrogens is 3. The standard InChI is InChI=1S/C21H17N3O7S/c1-8-12(20(27)29-2)16(25)17(32-8)13-14-18(23-21(28)24-19(14)26)22-15(13)9-3-4-10-11(7-9)31-6-5-30-10/h3-4,7,25H,5-6H2,1-2H3,(H3,22,23,24,26,28). The van der Waals surface area contributed by atoms with Crippen LogP contribution in [0.15, 0.2) is 27.8 Å². The SMILES string of the molecule is COC(=O)c1c(C)sc(-c2c(-c3ccc4c(c3)OCCO4)[nH]c3[nH]c(=O)[nH]c(=O)c23)c1O. The van der Waals surface area contributed by atoms with E-state index in [1.807, 2.05) is 0 Å². The van der Waals surface area contributed by atoms with Gasteiger partial charge in [-0.15, -0.1) is 11.3 Å². The quantitative estimate of drug-likeness (QED) is 0.347. The summed E-state index contributed by atoms with van der Waals surface area (Å²) in [4.78, 5) is 45.5. The molecule has 10 nitrogen and oxygen atoms in total. The van der Waals surface area contributed by atoms with Gasteiger partial charge in [0.1, 0.15) is 30.2 Å². The largest absolute Gasteiger partial charge is 0.505 e. The van der Waals surface area contributed by atoms with Crippen LogP contribution in [0.3, 0.4) is 0 Å². The van der Waals surface area contributed by atoms with E-state index in [1.54, 1.807) is 25.1 Å². The summed E-state index contributed by atoms with van der Waals surface area (Å²) < 4.78 is 16.0. The third-order valence-electron chi connectivity index (χ3n) is 5.20. The molecule has 1 aliphatic heterocycles. The van der Waals surface area contributed by atoms with E-state index in [4.69, 9.17) is 14.2 Å². The van der Waals surface area contributed by atoms with Gasteiger partial charge in [0.25, 0.3) is 5.56 Å². The van der Waals surface area contributed by atoms with Crippen LogP contribution in [0.1, 0.15) is 15.2 Å². The number of hydrogen-bond acceptors (Lipinski definition) is 8. The summed E-state index contributed by atoms with van der Waals surface area (Å²) >= 11 is 1.14. The minimum absolute atomic E-state index is 0.0239. The molecule has 4 aromatic rings. The lowest BCUT2D eigenvalue weighted by molar-refractivity contribution is 0.0597. The van der Waals surface area contributed by atoms with Crippen LogP contribution in [0.4, 0.5) is 0 Å². The van der Waals surface area contributed by atoms with Crippen molar-refractivity contribution in [1.29, 1.82) is 0 Å². The fourth-order valence-corrected chi connectivity index (χ4v) is 4.91. The molecular formula is C21H17N3O7S. The van der Waals surface area contributed by atoms with Gasteiger partial charge in [0.2, 0.25) is 0 Å². The molecule has 4 heterocycles. The van der Waals surface area contributed by atoms with Crippen molar-refractivity contribution in [1.82, 2.24) is 15.0 Å². The number of carbonyl (C=O) groups excluding carboxylic acids is 1. The molecule has 5 rings (SSSR count). The van der Waals surface area contributed by atoms with E-state index in [0.29, 0.717) is 46.4 Å². The molecule has 164 valence electrons. The Morgan fingerprint density at radius 2 is 1.88 bits per heavy atom. The van der Waals surface area contributed by atoms with Crippen molar-refractivity contribution < 1.29 is 24.1 Å². The van der Waals surface area contributed by atoms with Crippen LogP contribution in [0.2, 0.25) is 0 Å². The Bertz CT molecular complexity index is 1510. The van der Waals surface area contributed by atoms with Gasteiger partial charge in [0.05, 0.1) is 23.1 Å². The Labute approximate surface area is 183 Å². The molecule has 1 aliphatic rings. The van der Waals surface area contributed by atoms with E-state index >= 15 is 0 Å².